The number of hydrogen-bond acceptors (Lipinski definition) is 2. The summed E-state index contributed by atoms with van der Waals surface area (Å²) in [6.07, 6.45) is 4.88. The van der Waals surface area contributed by atoms with Gasteiger partial charge in [-0.2, -0.15) is 0 Å². The minimum absolute atomic E-state index is 0.0786. The highest BCUT2D eigenvalue weighted by atomic mass is 16.2. The van der Waals surface area contributed by atoms with Gasteiger partial charge >= 0.3 is 0 Å². The second-order valence-electron chi connectivity index (χ2n) is 5.61. The lowest BCUT2D eigenvalue weighted by atomic mass is 10.0. The molecule has 1 aliphatic rings. The van der Waals surface area contributed by atoms with Crippen molar-refractivity contribution in [3.63, 3.8) is 0 Å². The summed E-state index contributed by atoms with van der Waals surface area (Å²) in [6, 6.07) is 7.90. The number of carbonyl (C=O) groups excluding carboxylic acids is 1. The average Bonchev–Trinajstić information content (AvgIpc) is 3.02. The summed E-state index contributed by atoms with van der Waals surface area (Å²) < 4.78 is 0. The minimum atomic E-state index is 0.0786. The van der Waals surface area contributed by atoms with Gasteiger partial charge in [-0.1, -0.05) is 42.9 Å². The monoisotopic (exact) mass is 285 g/mol. The number of aliphatic hydroxyl groups excluding tert-OH is 1. The molecule has 0 radical (unpaired) electrons. The van der Waals surface area contributed by atoms with Gasteiger partial charge in [0, 0.05) is 31.5 Å². The molecule has 0 atom stereocenters. The molecule has 1 N–H and O–H groups in total. The topological polar surface area (TPSA) is 40.5 Å². The van der Waals surface area contributed by atoms with Crippen LogP contribution in [0.2, 0.25) is 0 Å². The molecule has 1 aromatic carbocycles. The van der Waals surface area contributed by atoms with E-state index in [2.05, 4.69) is 11.8 Å². The van der Waals surface area contributed by atoms with Gasteiger partial charge in [0.2, 0.25) is 5.91 Å². The van der Waals surface area contributed by atoms with Crippen molar-refractivity contribution < 1.29 is 9.90 Å². The molecule has 112 valence electrons. The molecular formula is C18H23NO2. The Morgan fingerprint density at radius 3 is 2.76 bits per heavy atom. The lowest BCUT2D eigenvalue weighted by Gasteiger charge is -2.21. The lowest BCUT2D eigenvalue weighted by molar-refractivity contribution is -0.134. The van der Waals surface area contributed by atoms with E-state index in [4.69, 9.17) is 5.11 Å². The Hall–Kier alpha value is -1.79. The maximum atomic E-state index is 12.4. The smallest absolute Gasteiger partial charge is 0.225 e. The number of rotatable bonds is 4. The fourth-order valence-electron chi connectivity index (χ4n) is 2.81. The molecular weight excluding hydrogens is 262 g/mol. The summed E-state index contributed by atoms with van der Waals surface area (Å²) in [5.41, 5.74) is 2.01. The maximum Gasteiger partial charge on any atom is 0.225 e. The molecule has 3 nitrogen and oxygen atoms in total. The lowest BCUT2D eigenvalue weighted by Crippen LogP contribution is -2.31. The zero-order valence-electron chi connectivity index (χ0n) is 12.6. The summed E-state index contributed by atoms with van der Waals surface area (Å²) in [5.74, 6) is 6.49. The Bertz CT molecular complexity index is 536. The minimum Gasteiger partial charge on any atom is -0.395 e. The highest BCUT2D eigenvalue weighted by Gasteiger charge is 2.25. The molecule has 21 heavy (non-hydrogen) atoms. The first kappa shape index (κ1) is 15.6. The van der Waals surface area contributed by atoms with Crippen LogP contribution in [0.3, 0.4) is 0 Å². The average molecular weight is 285 g/mol. The van der Waals surface area contributed by atoms with Crippen LogP contribution >= 0.6 is 0 Å². The number of hydrogen-bond donors (Lipinski definition) is 1. The molecule has 0 saturated heterocycles. The fraction of sp³-hybridized carbons (Fsp3) is 0.500. The Labute approximate surface area is 127 Å². The van der Waals surface area contributed by atoms with E-state index in [1.54, 1.807) is 0 Å². The van der Waals surface area contributed by atoms with Gasteiger partial charge in [0.05, 0.1) is 6.61 Å². The number of benzene rings is 1. The molecule has 0 spiro atoms. The molecule has 1 aromatic rings. The van der Waals surface area contributed by atoms with E-state index in [1.165, 1.54) is 12.8 Å². The summed E-state index contributed by atoms with van der Waals surface area (Å²) >= 11 is 0. The van der Waals surface area contributed by atoms with Gasteiger partial charge in [0.25, 0.3) is 0 Å². The third-order valence-electron chi connectivity index (χ3n) is 3.97. The Balaban J connectivity index is 2.05. The molecule has 1 aliphatic carbocycles. The van der Waals surface area contributed by atoms with E-state index in [9.17, 15) is 4.79 Å². The first-order valence-electron chi connectivity index (χ1n) is 7.65. The van der Waals surface area contributed by atoms with Crippen LogP contribution in [0.1, 0.15) is 43.2 Å². The highest BCUT2D eigenvalue weighted by Crippen LogP contribution is 2.26. The van der Waals surface area contributed by atoms with Crippen LogP contribution < -0.4 is 0 Å². The van der Waals surface area contributed by atoms with Gasteiger partial charge in [-0.3, -0.25) is 4.79 Å². The van der Waals surface area contributed by atoms with Crippen molar-refractivity contribution in [3.05, 3.63) is 35.4 Å². The number of aliphatic hydroxyl groups is 1. The van der Waals surface area contributed by atoms with Crippen LogP contribution in [0, 0.1) is 17.8 Å². The zero-order valence-corrected chi connectivity index (χ0v) is 12.6. The van der Waals surface area contributed by atoms with Gasteiger partial charge < -0.3 is 10.0 Å². The van der Waals surface area contributed by atoms with Crippen LogP contribution in [-0.4, -0.2) is 29.6 Å². The summed E-state index contributed by atoms with van der Waals surface area (Å²) in [6.45, 7) is 0.675. The highest BCUT2D eigenvalue weighted by molar-refractivity contribution is 5.78. The predicted octanol–water partition coefficient (Wildman–Crippen LogP) is 2.57. The summed E-state index contributed by atoms with van der Waals surface area (Å²) in [5, 5.41) is 8.80. The first-order chi connectivity index (χ1) is 10.2. The Kier molecular flexibility index (Phi) is 5.83. The normalized spacial score (nSPS) is 14.6. The molecule has 0 unspecified atom stereocenters. The molecule has 1 amide bonds. The molecule has 0 heterocycles. The number of nitrogens with zero attached hydrogens (tertiary/aromatic N) is 1. The van der Waals surface area contributed by atoms with Crippen LogP contribution in [0.4, 0.5) is 0 Å². The Morgan fingerprint density at radius 1 is 1.33 bits per heavy atom. The van der Waals surface area contributed by atoms with Gasteiger partial charge in [0.15, 0.2) is 0 Å². The van der Waals surface area contributed by atoms with Crippen molar-refractivity contribution in [2.24, 2.45) is 5.92 Å². The van der Waals surface area contributed by atoms with Crippen LogP contribution in [0.15, 0.2) is 24.3 Å². The van der Waals surface area contributed by atoms with Gasteiger partial charge in [-0.15, -0.1) is 0 Å². The van der Waals surface area contributed by atoms with Crippen molar-refractivity contribution in [2.75, 3.05) is 13.7 Å². The molecule has 2 rings (SSSR count). The molecule has 0 aliphatic heterocycles. The van der Waals surface area contributed by atoms with Crippen molar-refractivity contribution in [3.8, 4) is 11.8 Å². The van der Waals surface area contributed by atoms with Gasteiger partial charge in [-0.25, -0.2) is 0 Å². The van der Waals surface area contributed by atoms with Crippen molar-refractivity contribution in [2.45, 2.75) is 38.6 Å². The van der Waals surface area contributed by atoms with Gasteiger partial charge in [-0.05, 0) is 24.5 Å². The largest absolute Gasteiger partial charge is 0.395 e. The summed E-state index contributed by atoms with van der Waals surface area (Å²) in [4.78, 5) is 14.2. The number of amides is 1. The third-order valence-corrected chi connectivity index (χ3v) is 3.97. The molecule has 1 saturated carbocycles. The summed E-state index contributed by atoms with van der Waals surface area (Å²) in [7, 11) is 1.87. The van der Waals surface area contributed by atoms with Crippen LogP contribution in [0.5, 0.6) is 0 Å². The molecule has 1 fully saturated rings. The maximum absolute atomic E-state index is 12.4. The van der Waals surface area contributed by atoms with Gasteiger partial charge in [0.1, 0.15) is 0 Å². The zero-order chi connectivity index (χ0) is 15.1. The Morgan fingerprint density at radius 2 is 2.05 bits per heavy atom. The van der Waals surface area contributed by atoms with E-state index < -0.39 is 0 Å². The van der Waals surface area contributed by atoms with Crippen molar-refractivity contribution in [1.82, 2.24) is 4.90 Å². The molecule has 0 aromatic heterocycles. The number of carbonyl (C=O) groups is 1. The van der Waals surface area contributed by atoms with Crippen molar-refractivity contribution >= 4 is 5.91 Å². The van der Waals surface area contributed by atoms with E-state index in [0.717, 1.165) is 24.0 Å². The van der Waals surface area contributed by atoms with Crippen molar-refractivity contribution in [1.29, 1.82) is 0 Å². The molecule has 0 bridgehead atoms. The van der Waals surface area contributed by atoms with E-state index in [-0.39, 0.29) is 18.4 Å². The fourth-order valence-corrected chi connectivity index (χ4v) is 2.81. The van der Waals surface area contributed by atoms with E-state index >= 15 is 0 Å². The molecule has 3 heteroatoms. The SMILES string of the molecule is CN(Cc1ccccc1C#CCCO)C(=O)C1CCCC1. The van der Waals surface area contributed by atoms with Crippen LogP contribution in [-0.2, 0) is 11.3 Å². The second-order valence-corrected chi connectivity index (χ2v) is 5.61. The van der Waals surface area contributed by atoms with E-state index in [1.807, 2.05) is 36.2 Å². The second kappa shape index (κ2) is 7.85. The van der Waals surface area contributed by atoms with E-state index in [0.29, 0.717) is 13.0 Å². The quantitative estimate of drug-likeness (QED) is 0.864. The predicted molar refractivity (Wildman–Crippen MR) is 83.5 cm³/mol. The standard InChI is InChI=1S/C18H23NO2/c1-19(18(21)16-10-3-4-11-16)14-17-12-5-2-8-15(17)9-6-7-13-20/h2,5,8,12,16,20H,3-4,7,10-11,13-14H2,1H3. The third kappa shape index (κ3) is 4.34. The first-order valence-corrected chi connectivity index (χ1v) is 7.65. The van der Waals surface area contributed by atoms with Crippen LogP contribution in [0.25, 0.3) is 0 Å².